The van der Waals surface area contributed by atoms with E-state index in [1.807, 2.05) is 66.7 Å². The van der Waals surface area contributed by atoms with E-state index in [0.29, 0.717) is 0 Å². The standard InChI is InChI=1S/C28H36N2O4/c1-2-3-4-5-6-7-14-19-26(31)29-24(20-22-15-10-8-11-16-22)27(32)30-25(28(33)34)21-23-17-12-9-13-18-23/h8-19,24-25H,2-7,20-21H2,1H3,(H,29,31)(H,30,32)(H,33,34)/b19-14+/t24-,25-/m0/s1. The molecule has 3 N–H and O–H groups in total. The van der Waals surface area contributed by atoms with Crippen molar-refractivity contribution in [1.82, 2.24) is 10.6 Å². The molecular formula is C28H36N2O4. The lowest BCUT2D eigenvalue weighted by atomic mass is 10.0. The molecule has 0 saturated heterocycles. The van der Waals surface area contributed by atoms with Crippen molar-refractivity contribution < 1.29 is 19.5 Å². The highest BCUT2D eigenvalue weighted by molar-refractivity contribution is 5.94. The molecule has 0 aliphatic rings. The maximum atomic E-state index is 13.1. The van der Waals surface area contributed by atoms with Crippen LogP contribution in [0.5, 0.6) is 0 Å². The lowest BCUT2D eigenvalue weighted by molar-refractivity contribution is -0.142. The Labute approximate surface area is 202 Å². The number of hydrogen-bond donors (Lipinski definition) is 3. The summed E-state index contributed by atoms with van der Waals surface area (Å²) < 4.78 is 0. The van der Waals surface area contributed by atoms with Gasteiger partial charge < -0.3 is 15.7 Å². The van der Waals surface area contributed by atoms with Crippen LogP contribution in [-0.2, 0) is 27.2 Å². The molecule has 34 heavy (non-hydrogen) atoms. The van der Waals surface area contributed by atoms with E-state index in [9.17, 15) is 19.5 Å². The van der Waals surface area contributed by atoms with Crippen LogP contribution in [0, 0.1) is 0 Å². The third kappa shape index (κ3) is 10.5. The molecule has 6 nitrogen and oxygen atoms in total. The van der Waals surface area contributed by atoms with Gasteiger partial charge in [-0.2, -0.15) is 0 Å². The van der Waals surface area contributed by atoms with E-state index in [1.54, 1.807) is 0 Å². The molecular weight excluding hydrogens is 428 g/mol. The fraction of sp³-hybridized carbons (Fsp3) is 0.393. The molecule has 2 amide bonds. The maximum absolute atomic E-state index is 13.1. The van der Waals surface area contributed by atoms with Crippen LogP contribution in [-0.4, -0.2) is 35.0 Å². The van der Waals surface area contributed by atoms with Crippen molar-refractivity contribution in [2.45, 2.75) is 70.4 Å². The summed E-state index contributed by atoms with van der Waals surface area (Å²) in [5.41, 5.74) is 1.68. The number of amides is 2. The number of nitrogens with one attached hydrogen (secondary N) is 2. The average molecular weight is 465 g/mol. The highest BCUT2D eigenvalue weighted by Crippen LogP contribution is 2.08. The van der Waals surface area contributed by atoms with E-state index in [2.05, 4.69) is 17.6 Å². The van der Waals surface area contributed by atoms with Crippen molar-refractivity contribution in [1.29, 1.82) is 0 Å². The van der Waals surface area contributed by atoms with Crippen molar-refractivity contribution in [3.63, 3.8) is 0 Å². The third-order valence-corrected chi connectivity index (χ3v) is 5.56. The summed E-state index contributed by atoms with van der Waals surface area (Å²) in [6.45, 7) is 2.17. The quantitative estimate of drug-likeness (QED) is 0.268. The van der Waals surface area contributed by atoms with Crippen molar-refractivity contribution in [3.05, 3.63) is 83.9 Å². The summed E-state index contributed by atoms with van der Waals surface area (Å²) in [6.07, 6.45) is 10.3. The normalized spacial score (nSPS) is 12.7. The predicted octanol–water partition coefficient (Wildman–Crippen LogP) is 4.44. The van der Waals surface area contributed by atoms with Gasteiger partial charge in [-0.3, -0.25) is 9.59 Å². The maximum Gasteiger partial charge on any atom is 0.326 e. The monoisotopic (exact) mass is 464 g/mol. The molecule has 2 atom stereocenters. The van der Waals surface area contributed by atoms with Gasteiger partial charge in [-0.1, -0.05) is 99.3 Å². The fourth-order valence-electron chi connectivity index (χ4n) is 3.66. The molecule has 0 aliphatic carbocycles. The van der Waals surface area contributed by atoms with Gasteiger partial charge in [-0.05, 0) is 30.0 Å². The van der Waals surface area contributed by atoms with Crippen molar-refractivity contribution >= 4 is 17.8 Å². The molecule has 0 heterocycles. The van der Waals surface area contributed by atoms with Gasteiger partial charge in [-0.25, -0.2) is 4.79 Å². The van der Waals surface area contributed by atoms with Crippen LogP contribution in [0.15, 0.2) is 72.8 Å². The first kappa shape index (κ1) is 26.8. The fourth-order valence-corrected chi connectivity index (χ4v) is 3.66. The topological polar surface area (TPSA) is 95.5 Å². The Morgan fingerprint density at radius 1 is 0.794 bits per heavy atom. The third-order valence-electron chi connectivity index (χ3n) is 5.56. The SMILES string of the molecule is CCCCCCC/C=C/C(=O)N[C@@H](Cc1ccccc1)C(=O)N[C@@H](Cc1ccccc1)C(=O)O. The van der Waals surface area contributed by atoms with Crippen LogP contribution >= 0.6 is 0 Å². The molecule has 2 aromatic rings. The lowest BCUT2D eigenvalue weighted by Gasteiger charge is -2.21. The van der Waals surface area contributed by atoms with E-state index >= 15 is 0 Å². The lowest BCUT2D eigenvalue weighted by Crippen LogP contribution is -2.52. The Morgan fingerprint density at radius 3 is 1.91 bits per heavy atom. The zero-order chi connectivity index (χ0) is 24.6. The Balaban J connectivity index is 2.01. The zero-order valence-corrected chi connectivity index (χ0v) is 19.9. The van der Waals surface area contributed by atoms with Crippen molar-refractivity contribution in [3.8, 4) is 0 Å². The highest BCUT2D eigenvalue weighted by Gasteiger charge is 2.26. The smallest absolute Gasteiger partial charge is 0.326 e. The van der Waals surface area contributed by atoms with Crippen molar-refractivity contribution in [2.24, 2.45) is 0 Å². The number of carbonyl (C=O) groups is 3. The van der Waals surface area contributed by atoms with Gasteiger partial charge in [0.15, 0.2) is 0 Å². The minimum Gasteiger partial charge on any atom is -0.480 e. The van der Waals surface area contributed by atoms with Gasteiger partial charge in [0.25, 0.3) is 0 Å². The van der Waals surface area contributed by atoms with Gasteiger partial charge in [0.05, 0.1) is 0 Å². The number of allylic oxidation sites excluding steroid dienone is 1. The van der Waals surface area contributed by atoms with Crippen LogP contribution < -0.4 is 10.6 Å². The van der Waals surface area contributed by atoms with Gasteiger partial charge in [-0.15, -0.1) is 0 Å². The number of rotatable bonds is 15. The minimum absolute atomic E-state index is 0.159. The average Bonchev–Trinajstić information content (AvgIpc) is 2.84. The summed E-state index contributed by atoms with van der Waals surface area (Å²) in [5.74, 6) is -2.00. The van der Waals surface area contributed by atoms with E-state index in [0.717, 1.165) is 30.4 Å². The van der Waals surface area contributed by atoms with Crippen LogP contribution in [0.25, 0.3) is 0 Å². The van der Waals surface area contributed by atoms with Gasteiger partial charge in [0.2, 0.25) is 11.8 Å². The second-order valence-corrected chi connectivity index (χ2v) is 8.45. The molecule has 0 saturated carbocycles. The summed E-state index contributed by atoms with van der Waals surface area (Å²) in [4.78, 5) is 37.3. The Bertz CT molecular complexity index is 913. The van der Waals surface area contributed by atoms with Gasteiger partial charge in [0, 0.05) is 12.8 Å². The summed E-state index contributed by atoms with van der Waals surface area (Å²) in [5, 5.41) is 15.0. The Morgan fingerprint density at radius 2 is 1.35 bits per heavy atom. The predicted molar refractivity (Wildman–Crippen MR) is 134 cm³/mol. The van der Waals surface area contributed by atoms with Crippen molar-refractivity contribution in [2.75, 3.05) is 0 Å². The molecule has 0 aliphatic heterocycles. The number of aliphatic carboxylic acids is 1. The summed E-state index contributed by atoms with van der Waals surface area (Å²) in [6, 6.07) is 16.5. The summed E-state index contributed by atoms with van der Waals surface area (Å²) in [7, 11) is 0. The number of unbranched alkanes of at least 4 members (excludes halogenated alkanes) is 5. The molecule has 2 rings (SSSR count). The first-order valence-corrected chi connectivity index (χ1v) is 12.1. The van der Waals surface area contributed by atoms with Crippen LogP contribution in [0.1, 0.15) is 56.6 Å². The first-order valence-electron chi connectivity index (χ1n) is 12.1. The Hall–Kier alpha value is -3.41. The van der Waals surface area contributed by atoms with Gasteiger partial charge >= 0.3 is 5.97 Å². The van der Waals surface area contributed by atoms with Crippen LogP contribution in [0.4, 0.5) is 0 Å². The second-order valence-electron chi connectivity index (χ2n) is 8.45. The molecule has 0 bridgehead atoms. The Kier molecular flexibility index (Phi) is 12.2. The molecule has 0 radical (unpaired) electrons. The van der Waals surface area contributed by atoms with E-state index < -0.39 is 24.0 Å². The van der Waals surface area contributed by atoms with E-state index in [1.165, 1.54) is 25.3 Å². The number of benzene rings is 2. The first-order chi connectivity index (χ1) is 16.5. The number of carboxylic acid groups (broad SMARTS) is 1. The molecule has 0 aromatic heterocycles. The minimum atomic E-state index is -1.12. The molecule has 2 aromatic carbocycles. The molecule has 6 heteroatoms. The number of hydrogen-bond acceptors (Lipinski definition) is 3. The van der Waals surface area contributed by atoms with E-state index in [4.69, 9.17) is 0 Å². The molecule has 0 spiro atoms. The van der Waals surface area contributed by atoms with E-state index in [-0.39, 0.29) is 18.7 Å². The van der Waals surface area contributed by atoms with Crippen LogP contribution in [0.2, 0.25) is 0 Å². The zero-order valence-electron chi connectivity index (χ0n) is 19.9. The largest absolute Gasteiger partial charge is 0.480 e. The van der Waals surface area contributed by atoms with Crippen LogP contribution in [0.3, 0.4) is 0 Å². The number of carboxylic acids is 1. The highest BCUT2D eigenvalue weighted by atomic mass is 16.4. The molecule has 0 fully saturated rings. The second kappa shape index (κ2) is 15.4. The summed E-state index contributed by atoms with van der Waals surface area (Å²) >= 11 is 0. The van der Waals surface area contributed by atoms with Gasteiger partial charge in [0.1, 0.15) is 12.1 Å². The molecule has 182 valence electrons. The molecule has 0 unspecified atom stereocenters. The number of carbonyl (C=O) groups excluding carboxylic acids is 2.